The first-order valence-electron chi connectivity index (χ1n) is 8.72. The fraction of sp³-hybridized carbons (Fsp3) is 0.300. The highest BCUT2D eigenvalue weighted by Crippen LogP contribution is 2.32. The fourth-order valence-corrected chi connectivity index (χ4v) is 3.30. The number of carbonyl (C=O) groups excluding carboxylic acids is 3. The maximum atomic E-state index is 14.8. The molecule has 29 heavy (non-hydrogen) atoms. The summed E-state index contributed by atoms with van der Waals surface area (Å²) < 4.78 is 20.0. The van der Waals surface area contributed by atoms with Gasteiger partial charge in [-0.15, -0.1) is 0 Å². The maximum Gasteiger partial charge on any atom is 0.414 e. The number of benzene rings is 1. The van der Waals surface area contributed by atoms with Crippen molar-refractivity contribution >= 4 is 29.3 Å². The lowest BCUT2D eigenvalue weighted by atomic mass is 10.2. The van der Waals surface area contributed by atoms with Crippen molar-refractivity contribution in [2.75, 3.05) is 22.9 Å². The molecule has 4 rings (SSSR count). The predicted octanol–water partition coefficient (Wildman–Crippen LogP) is 2.48. The van der Waals surface area contributed by atoms with Crippen LogP contribution in [0, 0.1) is 5.82 Å². The van der Waals surface area contributed by atoms with E-state index in [1.807, 2.05) is 0 Å². The molecule has 0 radical (unpaired) electrons. The minimum Gasteiger partial charge on any atom is -0.442 e. The Balaban J connectivity index is 0.00000240. The van der Waals surface area contributed by atoms with Crippen molar-refractivity contribution in [1.82, 2.24) is 10.3 Å². The van der Waals surface area contributed by atoms with E-state index in [2.05, 4.69) is 10.3 Å². The first-order valence-corrected chi connectivity index (χ1v) is 8.72. The van der Waals surface area contributed by atoms with Gasteiger partial charge in [0.05, 0.1) is 42.3 Å². The molecule has 1 aromatic heterocycles. The van der Waals surface area contributed by atoms with E-state index in [-0.39, 0.29) is 44.6 Å². The molecule has 2 aromatic rings. The number of amides is 3. The number of hydrogen-bond donors (Lipinski definition) is 1. The SMILES string of the molecule is C.CC(=O)NC[C@H]1CN(c2ccc(N3Cc4ncccc4C3=O)c(F)c2)C(=O)O1. The zero-order chi connectivity index (χ0) is 19.8. The Bertz CT molecular complexity index is 981. The molecule has 2 aliphatic heterocycles. The molecule has 0 saturated carbocycles. The first kappa shape index (κ1) is 20.2. The molecular weight excluding hydrogens is 379 g/mol. The average molecular weight is 400 g/mol. The van der Waals surface area contributed by atoms with Crippen molar-refractivity contribution in [2.24, 2.45) is 0 Å². The highest BCUT2D eigenvalue weighted by Gasteiger charge is 2.34. The number of carbonyl (C=O) groups is 3. The number of cyclic esters (lactones) is 1. The van der Waals surface area contributed by atoms with E-state index in [1.165, 1.54) is 28.9 Å². The second-order valence-corrected chi connectivity index (χ2v) is 6.58. The van der Waals surface area contributed by atoms with E-state index in [0.717, 1.165) is 0 Å². The summed E-state index contributed by atoms with van der Waals surface area (Å²) in [5.74, 6) is -1.17. The summed E-state index contributed by atoms with van der Waals surface area (Å²) >= 11 is 0. The number of hydrogen-bond acceptors (Lipinski definition) is 5. The molecule has 152 valence electrons. The van der Waals surface area contributed by atoms with E-state index in [9.17, 15) is 18.8 Å². The van der Waals surface area contributed by atoms with Crippen LogP contribution in [0.3, 0.4) is 0 Å². The molecule has 2 aliphatic rings. The van der Waals surface area contributed by atoms with Crippen LogP contribution in [-0.4, -0.2) is 42.1 Å². The highest BCUT2D eigenvalue weighted by atomic mass is 19.1. The number of rotatable bonds is 4. The molecule has 1 N–H and O–H groups in total. The first-order chi connectivity index (χ1) is 13.4. The minimum atomic E-state index is -0.628. The van der Waals surface area contributed by atoms with Crippen molar-refractivity contribution in [2.45, 2.75) is 27.0 Å². The van der Waals surface area contributed by atoms with Crippen LogP contribution in [0.5, 0.6) is 0 Å². The Hall–Kier alpha value is -3.49. The number of halogens is 1. The van der Waals surface area contributed by atoms with Crippen LogP contribution < -0.4 is 15.1 Å². The lowest BCUT2D eigenvalue weighted by Gasteiger charge is -2.19. The van der Waals surface area contributed by atoms with Crippen molar-refractivity contribution < 1.29 is 23.5 Å². The quantitative estimate of drug-likeness (QED) is 0.851. The molecule has 3 heterocycles. The molecule has 0 unspecified atom stereocenters. The van der Waals surface area contributed by atoms with Gasteiger partial charge in [0.25, 0.3) is 5.91 Å². The van der Waals surface area contributed by atoms with Crippen LogP contribution >= 0.6 is 0 Å². The second-order valence-electron chi connectivity index (χ2n) is 6.58. The molecule has 1 saturated heterocycles. The van der Waals surface area contributed by atoms with Gasteiger partial charge < -0.3 is 10.1 Å². The topological polar surface area (TPSA) is 91.8 Å². The second kappa shape index (κ2) is 7.86. The van der Waals surface area contributed by atoms with Gasteiger partial charge in [0, 0.05) is 13.1 Å². The van der Waals surface area contributed by atoms with Crippen molar-refractivity contribution in [3.63, 3.8) is 0 Å². The van der Waals surface area contributed by atoms with Gasteiger partial charge in [-0.2, -0.15) is 0 Å². The van der Waals surface area contributed by atoms with Gasteiger partial charge in [0.15, 0.2) is 0 Å². The number of anilines is 2. The smallest absolute Gasteiger partial charge is 0.414 e. The van der Waals surface area contributed by atoms with E-state index >= 15 is 0 Å². The van der Waals surface area contributed by atoms with Crippen molar-refractivity contribution in [3.8, 4) is 0 Å². The average Bonchev–Trinajstić information content (AvgIpc) is 3.20. The molecule has 0 aliphatic carbocycles. The number of ether oxygens (including phenoxy) is 1. The molecule has 0 spiro atoms. The van der Waals surface area contributed by atoms with Gasteiger partial charge in [-0.1, -0.05) is 7.43 Å². The third-order valence-corrected chi connectivity index (χ3v) is 4.66. The molecule has 0 bridgehead atoms. The van der Waals surface area contributed by atoms with Crippen LogP contribution in [0.1, 0.15) is 30.4 Å². The Morgan fingerprint density at radius 3 is 2.79 bits per heavy atom. The number of nitrogens with zero attached hydrogens (tertiary/aromatic N) is 3. The van der Waals surface area contributed by atoms with Crippen molar-refractivity contribution in [1.29, 1.82) is 0 Å². The van der Waals surface area contributed by atoms with Gasteiger partial charge >= 0.3 is 6.09 Å². The van der Waals surface area contributed by atoms with Gasteiger partial charge in [0.1, 0.15) is 11.9 Å². The third kappa shape index (κ3) is 3.75. The van der Waals surface area contributed by atoms with Gasteiger partial charge in [-0.05, 0) is 30.3 Å². The standard InChI is InChI=1S/C19H17FN4O4.CH4/c1-11(25)22-8-13-9-23(19(27)28-13)12-4-5-17(15(20)7-12)24-10-16-14(18(24)26)3-2-6-21-16;/h2-7,13H,8-10H2,1H3,(H,22,25);1H4/t13-;/m0./s1. The Morgan fingerprint density at radius 1 is 1.31 bits per heavy atom. The molecule has 1 atom stereocenters. The molecule has 1 aromatic carbocycles. The van der Waals surface area contributed by atoms with Crippen molar-refractivity contribution in [3.05, 3.63) is 53.6 Å². The number of aromatic nitrogens is 1. The third-order valence-electron chi connectivity index (χ3n) is 4.66. The summed E-state index contributed by atoms with van der Waals surface area (Å²) in [4.78, 5) is 42.4. The molecule has 1 fully saturated rings. The van der Waals surface area contributed by atoms with Crippen LogP contribution in [0.2, 0.25) is 0 Å². The van der Waals surface area contributed by atoms with Crippen LogP contribution in [0.15, 0.2) is 36.5 Å². The Morgan fingerprint density at radius 2 is 2.10 bits per heavy atom. The minimum absolute atomic E-state index is 0. The Kier molecular flexibility index (Phi) is 5.49. The summed E-state index contributed by atoms with van der Waals surface area (Å²) in [7, 11) is 0. The maximum absolute atomic E-state index is 14.8. The lowest BCUT2D eigenvalue weighted by Crippen LogP contribution is -2.33. The monoisotopic (exact) mass is 400 g/mol. The largest absolute Gasteiger partial charge is 0.442 e. The zero-order valence-electron chi connectivity index (χ0n) is 15.0. The number of fused-ring (bicyclic) bond motifs is 1. The fourth-order valence-electron chi connectivity index (χ4n) is 3.30. The Labute approximate surface area is 167 Å². The summed E-state index contributed by atoms with van der Waals surface area (Å²) in [6.45, 7) is 1.94. The van der Waals surface area contributed by atoms with E-state index in [0.29, 0.717) is 16.9 Å². The van der Waals surface area contributed by atoms with E-state index in [4.69, 9.17) is 4.74 Å². The number of nitrogens with one attached hydrogen (secondary N) is 1. The van der Waals surface area contributed by atoms with E-state index < -0.39 is 18.0 Å². The summed E-state index contributed by atoms with van der Waals surface area (Å²) in [5, 5.41) is 2.58. The molecule has 9 heteroatoms. The zero-order valence-corrected chi connectivity index (χ0v) is 15.0. The summed E-state index contributed by atoms with van der Waals surface area (Å²) in [6.07, 6.45) is 0.460. The van der Waals surface area contributed by atoms with Gasteiger partial charge in [-0.25, -0.2) is 9.18 Å². The molecular formula is C20H21FN4O4. The number of pyridine rings is 1. The highest BCUT2D eigenvalue weighted by molar-refractivity contribution is 6.09. The van der Waals surface area contributed by atoms with Crippen LogP contribution in [-0.2, 0) is 16.1 Å². The van der Waals surface area contributed by atoms with Gasteiger partial charge in [0.2, 0.25) is 5.91 Å². The normalized spacial score (nSPS) is 17.7. The van der Waals surface area contributed by atoms with Crippen LogP contribution in [0.25, 0.3) is 0 Å². The van der Waals surface area contributed by atoms with E-state index in [1.54, 1.807) is 24.4 Å². The lowest BCUT2D eigenvalue weighted by molar-refractivity contribution is -0.119. The summed E-state index contributed by atoms with van der Waals surface area (Å²) in [5.41, 5.74) is 1.49. The van der Waals surface area contributed by atoms with Crippen LogP contribution in [0.4, 0.5) is 20.6 Å². The van der Waals surface area contributed by atoms with Gasteiger partial charge in [-0.3, -0.25) is 24.4 Å². The summed E-state index contributed by atoms with van der Waals surface area (Å²) in [6, 6.07) is 7.54. The molecule has 3 amide bonds. The molecule has 8 nitrogen and oxygen atoms in total. The predicted molar refractivity (Wildman–Crippen MR) is 104 cm³/mol.